The minimum Gasteiger partial charge on any atom is -0.382 e. The van der Waals surface area contributed by atoms with Gasteiger partial charge in [0.25, 0.3) is 0 Å². The van der Waals surface area contributed by atoms with E-state index in [4.69, 9.17) is 4.74 Å². The first kappa shape index (κ1) is 9.47. The molecule has 0 aromatic rings. The highest BCUT2D eigenvalue weighted by Crippen LogP contribution is 2.49. The van der Waals surface area contributed by atoms with E-state index in [0.29, 0.717) is 11.5 Å². The molecule has 2 fully saturated rings. The largest absolute Gasteiger partial charge is 0.382 e. The van der Waals surface area contributed by atoms with Crippen LogP contribution in [0.1, 0.15) is 39.0 Å². The summed E-state index contributed by atoms with van der Waals surface area (Å²) in [6.45, 7) is 3.41. The van der Waals surface area contributed by atoms with E-state index in [2.05, 4.69) is 12.2 Å². The molecule has 0 radical (unpaired) electrons. The van der Waals surface area contributed by atoms with Crippen LogP contribution in [0.15, 0.2) is 0 Å². The Labute approximate surface area is 81.0 Å². The summed E-state index contributed by atoms with van der Waals surface area (Å²) in [5.41, 5.74) is 0.609. The molecule has 2 aliphatic carbocycles. The van der Waals surface area contributed by atoms with Crippen LogP contribution < -0.4 is 5.32 Å². The first-order chi connectivity index (χ1) is 6.24. The van der Waals surface area contributed by atoms with Crippen LogP contribution in [0, 0.1) is 5.41 Å². The summed E-state index contributed by atoms with van der Waals surface area (Å²) < 4.78 is 5.32. The SMILES string of the molecule is COC(C)CC1(CNC2CC2)CC1. The molecule has 13 heavy (non-hydrogen) atoms. The van der Waals surface area contributed by atoms with Gasteiger partial charge in [0.15, 0.2) is 0 Å². The van der Waals surface area contributed by atoms with Crippen LogP contribution >= 0.6 is 0 Å². The van der Waals surface area contributed by atoms with Crippen molar-refractivity contribution in [1.82, 2.24) is 5.32 Å². The maximum Gasteiger partial charge on any atom is 0.0549 e. The lowest BCUT2D eigenvalue weighted by atomic mass is 9.99. The van der Waals surface area contributed by atoms with Crippen LogP contribution in [0.5, 0.6) is 0 Å². The zero-order valence-corrected chi connectivity index (χ0v) is 8.81. The second kappa shape index (κ2) is 3.58. The van der Waals surface area contributed by atoms with E-state index in [0.717, 1.165) is 6.04 Å². The summed E-state index contributed by atoms with van der Waals surface area (Å²) in [7, 11) is 1.81. The number of methoxy groups -OCH3 is 1. The van der Waals surface area contributed by atoms with Gasteiger partial charge in [-0.15, -0.1) is 0 Å². The first-order valence-corrected chi connectivity index (χ1v) is 5.50. The fourth-order valence-corrected chi connectivity index (χ4v) is 1.97. The van der Waals surface area contributed by atoms with Gasteiger partial charge in [-0.2, -0.15) is 0 Å². The molecule has 1 N–H and O–H groups in total. The summed E-state index contributed by atoms with van der Waals surface area (Å²) in [5, 5.41) is 3.63. The number of hydrogen-bond donors (Lipinski definition) is 1. The van der Waals surface area contributed by atoms with E-state index in [9.17, 15) is 0 Å². The minimum atomic E-state index is 0.434. The molecule has 0 aromatic carbocycles. The summed E-state index contributed by atoms with van der Waals surface area (Å²) in [6.07, 6.45) is 7.28. The van der Waals surface area contributed by atoms with Crippen molar-refractivity contribution in [3.05, 3.63) is 0 Å². The Kier molecular flexibility index (Phi) is 2.61. The molecule has 1 atom stereocenters. The number of ether oxygens (including phenoxy) is 1. The van der Waals surface area contributed by atoms with Crippen molar-refractivity contribution in [2.45, 2.75) is 51.2 Å². The van der Waals surface area contributed by atoms with Crippen LogP contribution in [0.4, 0.5) is 0 Å². The molecule has 0 saturated heterocycles. The molecule has 0 heterocycles. The van der Waals surface area contributed by atoms with Gasteiger partial charge in [0.05, 0.1) is 6.10 Å². The molecule has 0 amide bonds. The van der Waals surface area contributed by atoms with E-state index in [1.165, 1.54) is 38.6 Å². The van der Waals surface area contributed by atoms with Crippen molar-refractivity contribution in [3.8, 4) is 0 Å². The third kappa shape index (κ3) is 2.68. The Bertz CT molecular complexity index is 173. The molecule has 2 saturated carbocycles. The van der Waals surface area contributed by atoms with Crippen molar-refractivity contribution in [1.29, 1.82) is 0 Å². The van der Waals surface area contributed by atoms with Gasteiger partial charge >= 0.3 is 0 Å². The topological polar surface area (TPSA) is 21.3 Å². The van der Waals surface area contributed by atoms with Crippen LogP contribution in [0.25, 0.3) is 0 Å². The summed E-state index contributed by atoms with van der Waals surface area (Å²) >= 11 is 0. The molecule has 2 aliphatic rings. The number of nitrogens with one attached hydrogen (secondary N) is 1. The summed E-state index contributed by atoms with van der Waals surface area (Å²) in [6, 6.07) is 0.857. The van der Waals surface area contributed by atoms with Crippen molar-refractivity contribution in [2.75, 3.05) is 13.7 Å². The standard InChI is InChI=1S/C11H21NO/c1-9(13-2)7-11(5-6-11)8-12-10-3-4-10/h9-10,12H,3-8H2,1-2H3. The third-order valence-electron chi connectivity index (χ3n) is 3.42. The normalized spacial score (nSPS) is 27.2. The fraction of sp³-hybridized carbons (Fsp3) is 1.00. The van der Waals surface area contributed by atoms with Crippen molar-refractivity contribution in [2.24, 2.45) is 5.41 Å². The van der Waals surface area contributed by atoms with Gasteiger partial charge in [-0.05, 0) is 44.4 Å². The molecule has 0 bridgehead atoms. The van der Waals surface area contributed by atoms with Gasteiger partial charge in [-0.25, -0.2) is 0 Å². The minimum absolute atomic E-state index is 0.434. The van der Waals surface area contributed by atoms with E-state index >= 15 is 0 Å². The average molecular weight is 183 g/mol. The third-order valence-corrected chi connectivity index (χ3v) is 3.42. The Morgan fingerprint density at radius 3 is 2.62 bits per heavy atom. The molecule has 76 valence electrons. The Balaban J connectivity index is 1.68. The predicted octanol–water partition coefficient (Wildman–Crippen LogP) is 1.94. The molecular weight excluding hydrogens is 162 g/mol. The molecule has 0 aliphatic heterocycles. The maximum atomic E-state index is 5.32. The summed E-state index contributed by atoms with van der Waals surface area (Å²) in [5.74, 6) is 0. The highest BCUT2D eigenvalue weighted by Gasteiger charge is 2.43. The zero-order valence-electron chi connectivity index (χ0n) is 8.81. The van der Waals surface area contributed by atoms with Crippen LogP contribution in [0.2, 0.25) is 0 Å². The van der Waals surface area contributed by atoms with Crippen LogP contribution in [-0.4, -0.2) is 25.8 Å². The lowest BCUT2D eigenvalue weighted by Crippen LogP contribution is -2.28. The molecular formula is C11H21NO. The fourth-order valence-electron chi connectivity index (χ4n) is 1.97. The molecule has 0 aromatic heterocycles. The van der Waals surface area contributed by atoms with Gasteiger partial charge in [0.2, 0.25) is 0 Å². The molecule has 2 heteroatoms. The van der Waals surface area contributed by atoms with Crippen LogP contribution in [0.3, 0.4) is 0 Å². The van der Waals surface area contributed by atoms with Gasteiger partial charge < -0.3 is 10.1 Å². The van der Waals surface area contributed by atoms with Crippen molar-refractivity contribution >= 4 is 0 Å². The van der Waals surface area contributed by atoms with E-state index < -0.39 is 0 Å². The molecule has 1 unspecified atom stereocenters. The first-order valence-electron chi connectivity index (χ1n) is 5.50. The van der Waals surface area contributed by atoms with Gasteiger partial charge in [0, 0.05) is 19.7 Å². The molecule has 0 spiro atoms. The average Bonchev–Trinajstić information content (AvgIpc) is 2.97. The smallest absolute Gasteiger partial charge is 0.0549 e. The molecule has 2 rings (SSSR count). The highest BCUT2D eigenvalue weighted by atomic mass is 16.5. The Hall–Kier alpha value is -0.0800. The zero-order chi connectivity index (χ0) is 9.31. The predicted molar refractivity (Wildman–Crippen MR) is 53.8 cm³/mol. The highest BCUT2D eigenvalue weighted by molar-refractivity contribution is 4.97. The lowest BCUT2D eigenvalue weighted by Gasteiger charge is -2.19. The second-order valence-corrected chi connectivity index (χ2v) is 4.91. The Morgan fingerprint density at radius 1 is 1.46 bits per heavy atom. The maximum absolute atomic E-state index is 5.32. The monoisotopic (exact) mass is 183 g/mol. The molecule has 2 nitrogen and oxygen atoms in total. The summed E-state index contributed by atoms with van der Waals surface area (Å²) in [4.78, 5) is 0. The Morgan fingerprint density at radius 2 is 2.15 bits per heavy atom. The van der Waals surface area contributed by atoms with E-state index in [1.54, 1.807) is 0 Å². The van der Waals surface area contributed by atoms with Crippen molar-refractivity contribution < 1.29 is 4.74 Å². The van der Waals surface area contributed by atoms with Gasteiger partial charge in [0.1, 0.15) is 0 Å². The second-order valence-electron chi connectivity index (χ2n) is 4.91. The van der Waals surface area contributed by atoms with E-state index in [-0.39, 0.29) is 0 Å². The van der Waals surface area contributed by atoms with Gasteiger partial charge in [-0.1, -0.05) is 0 Å². The van der Waals surface area contributed by atoms with Gasteiger partial charge in [-0.3, -0.25) is 0 Å². The lowest BCUT2D eigenvalue weighted by molar-refractivity contribution is 0.0901. The number of hydrogen-bond acceptors (Lipinski definition) is 2. The quantitative estimate of drug-likeness (QED) is 0.679. The van der Waals surface area contributed by atoms with E-state index in [1.807, 2.05) is 7.11 Å². The number of rotatable bonds is 6. The van der Waals surface area contributed by atoms with Crippen molar-refractivity contribution in [3.63, 3.8) is 0 Å². The van der Waals surface area contributed by atoms with Crippen LogP contribution in [-0.2, 0) is 4.74 Å².